The second-order valence-electron chi connectivity index (χ2n) is 5.30. The number of hydrogen-bond acceptors (Lipinski definition) is 3. The number of carbonyl (C=O) groups is 2. The van der Waals surface area contributed by atoms with E-state index in [1.165, 1.54) is 0 Å². The molecule has 2 unspecified atom stereocenters. The molecule has 0 radical (unpaired) electrons. The Kier molecular flexibility index (Phi) is 4.58. The van der Waals surface area contributed by atoms with Crippen LogP contribution in [-0.2, 0) is 9.59 Å². The van der Waals surface area contributed by atoms with Crippen LogP contribution >= 0.6 is 0 Å². The highest BCUT2D eigenvalue weighted by Gasteiger charge is 2.32. The van der Waals surface area contributed by atoms with Gasteiger partial charge in [-0.25, -0.2) is 0 Å². The Bertz CT molecular complexity index is 313. The number of carboxylic acids is 1. The van der Waals surface area contributed by atoms with Gasteiger partial charge < -0.3 is 15.3 Å². The second kappa shape index (κ2) is 6.18. The fourth-order valence-electron chi connectivity index (χ4n) is 2.98. The van der Waals surface area contributed by atoms with Crippen LogP contribution in [0, 0.1) is 5.92 Å². The summed E-state index contributed by atoms with van der Waals surface area (Å²) in [7, 11) is 0. The number of aliphatic carboxylic acids is 1. The lowest BCUT2D eigenvalue weighted by Crippen LogP contribution is -2.47. The third kappa shape index (κ3) is 3.22. The summed E-state index contributed by atoms with van der Waals surface area (Å²) in [6, 6.07) is 0.142. The number of nitrogens with one attached hydrogen (secondary N) is 1. The van der Waals surface area contributed by atoms with E-state index in [4.69, 9.17) is 5.11 Å². The lowest BCUT2D eigenvalue weighted by atomic mass is 9.95. The van der Waals surface area contributed by atoms with Crippen molar-refractivity contribution in [2.75, 3.05) is 19.6 Å². The number of amides is 1. The Balaban J connectivity index is 1.93. The van der Waals surface area contributed by atoms with Gasteiger partial charge >= 0.3 is 5.97 Å². The maximum Gasteiger partial charge on any atom is 0.303 e. The molecule has 0 spiro atoms. The van der Waals surface area contributed by atoms with Gasteiger partial charge in [-0.3, -0.25) is 9.59 Å². The second-order valence-corrected chi connectivity index (χ2v) is 5.30. The molecule has 2 fully saturated rings. The minimum Gasteiger partial charge on any atom is -0.481 e. The number of likely N-dealkylation sites (tertiary alicyclic amines) is 1. The minimum absolute atomic E-state index is 0.107. The van der Waals surface area contributed by atoms with E-state index in [2.05, 4.69) is 5.32 Å². The van der Waals surface area contributed by atoms with E-state index in [-0.39, 0.29) is 24.3 Å². The van der Waals surface area contributed by atoms with Crippen molar-refractivity contribution in [1.82, 2.24) is 10.2 Å². The van der Waals surface area contributed by atoms with Crippen molar-refractivity contribution in [2.24, 2.45) is 5.92 Å². The van der Waals surface area contributed by atoms with Crippen LogP contribution in [0.1, 0.15) is 38.5 Å². The van der Waals surface area contributed by atoms with Gasteiger partial charge in [-0.15, -0.1) is 0 Å². The van der Waals surface area contributed by atoms with Crippen molar-refractivity contribution in [1.29, 1.82) is 0 Å². The van der Waals surface area contributed by atoms with Crippen LogP contribution in [0.2, 0.25) is 0 Å². The summed E-state index contributed by atoms with van der Waals surface area (Å²) >= 11 is 0. The van der Waals surface area contributed by atoms with Crippen LogP contribution in [0.3, 0.4) is 0 Å². The van der Waals surface area contributed by atoms with Crippen molar-refractivity contribution in [2.45, 2.75) is 44.6 Å². The molecule has 5 heteroatoms. The van der Waals surface area contributed by atoms with Crippen molar-refractivity contribution < 1.29 is 14.7 Å². The molecule has 2 rings (SSSR count). The molecule has 2 heterocycles. The number of carboxylic acid groups (broad SMARTS) is 1. The van der Waals surface area contributed by atoms with Crippen molar-refractivity contribution in [3.8, 4) is 0 Å². The fourth-order valence-corrected chi connectivity index (χ4v) is 2.98. The zero-order valence-electron chi connectivity index (χ0n) is 10.7. The standard InChI is InChI=1S/C13H22N2O3/c16-12(17)5-4-11-3-1-2-8-15(11)13(18)10-6-7-14-9-10/h10-11,14H,1-9H2,(H,16,17). The summed E-state index contributed by atoms with van der Waals surface area (Å²) in [6.45, 7) is 2.50. The monoisotopic (exact) mass is 254 g/mol. The molecule has 0 aromatic rings. The molecule has 2 saturated heterocycles. The first-order valence-electron chi connectivity index (χ1n) is 6.91. The fraction of sp³-hybridized carbons (Fsp3) is 0.846. The first kappa shape index (κ1) is 13.3. The largest absolute Gasteiger partial charge is 0.481 e. The summed E-state index contributed by atoms with van der Waals surface area (Å²) in [6.07, 6.45) is 4.80. The van der Waals surface area contributed by atoms with E-state index < -0.39 is 5.97 Å². The molecule has 2 N–H and O–H groups in total. The van der Waals surface area contributed by atoms with Crippen LogP contribution in [0.25, 0.3) is 0 Å². The summed E-state index contributed by atoms with van der Waals surface area (Å²) in [5, 5.41) is 12.0. The van der Waals surface area contributed by atoms with Gasteiger partial charge in [0.1, 0.15) is 0 Å². The summed E-state index contributed by atoms with van der Waals surface area (Å²) in [5.74, 6) is -0.430. The number of rotatable bonds is 4. The number of hydrogen-bond donors (Lipinski definition) is 2. The molecule has 2 aliphatic heterocycles. The molecule has 0 aliphatic carbocycles. The highest BCUT2D eigenvalue weighted by molar-refractivity contribution is 5.80. The Morgan fingerprint density at radius 3 is 2.78 bits per heavy atom. The normalized spacial score (nSPS) is 28.3. The lowest BCUT2D eigenvalue weighted by Gasteiger charge is -2.37. The molecule has 5 nitrogen and oxygen atoms in total. The van der Waals surface area contributed by atoms with Gasteiger partial charge in [0.15, 0.2) is 0 Å². The average molecular weight is 254 g/mol. The number of piperidine rings is 1. The first-order chi connectivity index (χ1) is 8.68. The number of nitrogens with zero attached hydrogens (tertiary/aromatic N) is 1. The molecule has 0 aromatic heterocycles. The Hall–Kier alpha value is -1.10. The quantitative estimate of drug-likeness (QED) is 0.780. The van der Waals surface area contributed by atoms with Crippen LogP contribution in [0.15, 0.2) is 0 Å². The van der Waals surface area contributed by atoms with Crippen LogP contribution in [0.4, 0.5) is 0 Å². The Morgan fingerprint density at radius 1 is 1.28 bits per heavy atom. The summed E-state index contributed by atoms with van der Waals surface area (Å²) in [4.78, 5) is 25.0. The molecule has 102 valence electrons. The maximum absolute atomic E-state index is 12.4. The third-order valence-corrected chi connectivity index (χ3v) is 4.01. The van der Waals surface area contributed by atoms with Crippen LogP contribution < -0.4 is 5.32 Å². The maximum atomic E-state index is 12.4. The predicted octanol–water partition coefficient (Wildman–Crippen LogP) is 0.842. The van der Waals surface area contributed by atoms with Crippen molar-refractivity contribution in [3.63, 3.8) is 0 Å². The molecule has 2 aliphatic rings. The van der Waals surface area contributed by atoms with E-state index in [1.807, 2.05) is 4.90 Å². The highest BCUT2D eigenvalue weighted by atomic mass is 16.4. The van der Waals surface area contributed by atoms with Crippen LogP contribution in [-0.4, -0.2) is 47.6 Å². The Labute approximate surface area is 108 Å². The molecule has 0 aromatic carbocycles. The van der Waals surface area contributed by atoms with Gasteiger partial charge in [0.05, 0.1) is 5.92 Å². The SMILES string of the molecule is O=C(O)CCC1CCCCN1C(=O)C1CCNC1. The summed E-state index contributed by atoms with van der Waals surface area (Å²) in [5.41, 5.74) is 0. The Morgan fingerprint density at radius 2 is 2.11 bits per heavy atom. The lowest BCUT2D eigenvalue weighted by molar-refractivity contribution is -0.141. The molecular formula is C13H22N2O3. The minimum atomic E-state index is -0.768. The van der Waals surface area contributed by atoms with E-state index in [0.717, 1.165) is 45.3 Å². The molecule has 0 bridgehead atoms. The third-order valence-electron chi connectivity index (χ3n) is 4.01. The van der Waals surface area contributed by atoms with E-state index in [1.54, 1.807) is 0 Å². The highest BCUT2D eigenvalue weighted by Crippen LogP contribution is 2.24. The molecular weight excluding hydrogens is 232 g/mol. The van der Waals surface area contributed by atoms with Crippen molar-refractivity contribution in [3.05, 3.63) is 0 Å². The molecule has 0 saturated carbocycles. The molecule has 2 atom stereocenters. The number of carbonyl (C=O) groups excluding carboxylic acids is 1. The topological polar surface area (TPSA) is 69.6 Å². The zero-order chi connectivity index (χ0) is 13.0. The first-order valence-corrected chi connectivity index (χ1v) is 6.91. The van der Waals surface area contributed by atoms with Gasteiger partial charge in [0.2, 0.25) is 5.91 Å². The van der Waals surface area contributed by atoms with Crippen LogP contribution in [0.5, 0.6) is 0 Å². The van der Waals surface area contributed by atoms with E-state index >= 15 is 0 Å². The van der Waals surface area contributed by atoms with Gasteiger partial charge in [-0.2, -0.15) is 0 Å². The predicted molar refractivity (Wildman–Crippen MR) is 67.2 cm³/mol. The zero-order valence-corrected chi connectivity index (χ0v) is 10.7. The smallest absolute Gasteiger partial charge is 0.303 e. The van der Waals surface area contributed by atoms with Gasteiger partial charge in [-0.1, -0.05) is 0 Å². The molecule has 18 heavy (non-hydrogen) atoms. The molecule has 1 amide bonds. The van der Waals surface area contributed by atoms with E-state index in [0.29, 0.717) is 6.42 Å². The summed E-state index contributed by atoms with van der Waals surface area (Å²) < 4.78 is 0. The van der Waals surface area contributed by atoms with Gasteiger partial charge in [0.25, 0.3) is 0 Å². The van der Waals surface area contributed by atoms with Crippen molar-refractivity contribution >= 4 is 11.9 Å². The average Bonchev–Trinajstić information content (AvgIpc) is 2.89. The van der Waals surface area contributed by atoms with E-state index in [9.17, 15) is 9.59 Å². The van der Waals surface area contributed by atoms with Gasteiger partial charge in [-0.05, 0) is 38.6 Å². The van der Waals surface area contributed by atoms with Gasteiger partial charge in [0, 0.05) is 25.6 Å².